The monoisotopic (exact) mass is 365 g/mol. The second-order valence-corrected chi connectivity index (χ2v) is 7.89. The Morgan fingerprint density at radius 1 is 1.08 bits per heavy atom. The molecule has 0 amide bonds. The van der Waals surface area contributed by atoms with Crippen molar-refractivity contribution in [3.63, 3.8) is 0 Å². The minimum Gasteiger partial charge on any atom is -0.334 e. The predicted molar refractivity (Wildman–Crippen MR) is 101 cm³/mol. The summed E-state index contributed by atoms with van der Waals surface area (Å²) in [6, 6.07) is 18.8. The molecule has 1 heterocycles. The van der Waals surface area contributed by atoms with Crippen LogP contribution in [0, 0.1) is 0 Å². The van der Waals surface area contributed by atoms with Gasteiger partial charge in [0.2, 0.25) is 0 Å². The molecular formula is C21H20ClN3O. The normalized spacial score (nSPS) is 23.0. The van der Waals surface area contributed by atoms with E-state index in [0.717, 1.165) is 30.8 Å². The van der Waals surface area contributed by atoms with E-state index in [4.69, 9.17) is 16.1 Å². The van der Waals surface area contributed by atoms with Gasteiger partial charge >= 0.3 is 0 Å². The Bertz CT molecular complexity index is 903. The minimum absolute atomic E-state index is 0.0397. The van der Waals surface area contributed by atoms with Crippen LogP contribution in [-0.2, 0) is 5.41 Å². The molecule has 2 aliphatic rings. The van der Waals surface area contributed by atoms with Gasteiger partial charge in [-0.05, 0) is 49.1 Å². The lowest BCUT2D eigenvalue weighted by Crippen LogP contribution is -2.30. The van der Waals surface area contributed by atoms with E-state index in [1.54, 1.807) is 0 Å². The first kappa shape index (κ1) is 16.0. The van der Waals surface area contributed by atoms with Crippen LogP contribution in [0.2, 0.25) is 5.02 Å². The highest BCUT2D eigenvalue weighted by molar-refractivity contribution is 6.30. The van der Waals surface area contributed by atoms with Gasteiger partial charge in [0.15, 0.2) is 5.82 Å². The predicted octanol–water partition coefficient (Wildman–Crippen LogP) is 4.57. The quantitative estimate of drug-likeness (QED) is 0.695. The van der Waals surface area contributed by atoms with Crippen LogP contribution in [0.5, 0.6) is 0 Å². The summed E-state index contributed by atoms with van der Waals surface area (Å²) < 4.78 is 5.50. The molecule has 2 unspecified atom stereocenters. The molecule has 2 fully saturated rings. The highest BCUT2D eigenvalue weighted by Crippen LogP contribution is 2.48. The summed E-state index contributed by atoms with van der Waals surface area (Å²) in [5.74, 6) is 2.03. The third-order valence-corrected chi connectivity index (χ3v) is 5.82. The van der Waals surface area contributed by atoms with Crippen LogP contribution in [0.3, 0.4) is 0 Å². The Hall–Kier alpha value is -2.17. The molecule has 3 aromatic rings. The largest absolute Gasteiger partial charge is 0.334 e. The Morgan fingerprint density at radius 2 is 1.85 bits per heavy atom. The summed E-state index contributed by atoms with van der Waals surface area (Å²) in [6.45, 7) is 0.917. The van der Waals surface area contributed by atoms with Gasteiger partial charge in [0.05, 0.1) is 0 Å². The third kappa shape index (κ3) is 3.04. The minimum atomic E-state index is 0.0397. The highest BCUT2D eigenvalue weighted by Gasteiger charge is 2.50. The zero-order chi connectivity index (χ0) is 17.6. The number of nitrogens with one attached hydrogen (secondary N) is 1. The lowest BCUT2D eigenvalue weighted by Gasteiger charge is -2.12. The molecule has 2 aliphatic carbocycles. The average Bonchev–Trinajstić information content (AvgIpc) is 3.59. The zero-order valence-corrected chi connectivity index (χ0v) is 15.1. The molecular weight excluding hydrogens is 346 g/mol. The third-order valence-electron chi connectivity index (χ3n) is 5.57. The van der Waals surface area contributed by atoms with E-state index >= 15 is 0 Å². The van der Waals surface area contributed by atoms with Crippen LogP contribution in [0.1, 0.15) is 36.6 Å². The molecule has 0 spiro atoms. The van der Waals surface area contributed by atoms with Gasteiger partial charge in [0.1, 0.15) is 0 Å². The van der Waals surface area contributed by atoms with Gasteiger partial charge in [-0.2, -0.15) is 4.98 Å². The number of nitrogens with zero attached hydrogens (tertiary/aromatic N) is 2. The van der Waals surface area contributed by atoms with Crippen molar-refractivity contribution in [1.82, 2.24) is 15.5 Å². The van der Waals surface area contributed by atoms with Crippen molar-refractivity contribution in [1.29, 1.82) is 0 Å². The molecule has 0 radical (unpaired) electrons. The molecule has 1 N–H and O–H groups in total. The first-order chi connectivity index (χ1) is 12.7. The topological polar surface area (TPSA) is 51.0 Å². The van der Waals surface area contributed by atoms with E-state index in [1.165, 1.54) is 12.0 Å². The van der Waals surface area contributed by atoms with E-state index in [0.29, 0.717) is 22.9 Å². The molecule has 132 valence electrons. The van der Waals surface area contributed by atoms with Crippen molar-refractivity contribution in [2.45, 2.75) is 36.6 Å². The van der Waals surface area contributed by atoms with Gasteiger partial charge in [-0.3, -0.25) is 0 Å². The molecule has 4 nitrogen and oxygen atoms in total. The van der Waals surface area contributed by atoms with Crippen molar-refractivity contribution < 1.29 is 4.52 Å². The summed E-state index contributed by atoms with van der Waals surface area (Å²) in [5, 5.41) is 8.69. The SMILES string of the molecule is Clc1ccc(-c2nc(C3(CNC4CC4c4ccccc4)CC3)no2)cc1. The maximum atomic E-state index is 5.94. The number of hydrogen-bond donors (Lipinski definition) is 1. The van der Waals surface area contributed by atoms with E-state index in [2.05, 4.69) is 45.8 Å². The maximum Gasteiger partial charge on any atom is 0.257 e. The fourth-order valence-corrected chi connectivity index (χ4v) is 3.72. The van der Waals surface area contributed by atoms with Gasteiger partial charge < -0.3 is 9.84 Å². The number of benzene rings is 2. The number of aromatic nitrogens is 2. The molecule has 1 aromatic heterocycles. The fraction of sp³-hybridized carbons (Fsp3) is 0.333. The van der Waals surface area contributed by atoms with Gasteiger partial charge in [-0.1, -0.05) is 47.1 Å². The van der Waals surface area contributed by atoms with Crippen molar-refractivity contribution in [3.8, 4) is 11.5 Å². The summed E-state index contributed by atoms with van der Waals surface area (Å²) in [4.78, 5) is 4.66. The summed E-state index contributed by atoms with van der Waals surface area (Å²) in [6.07, 6.45) is 3.44. The van der Waals surface area contributed by atoms with Crippen LogP contribution in [0.25, 0.3) is 11.5 Å². The number of rotatable bonds is 6. The average molecular weight is 366 g/mol. The second-order valence-electron chi connectivity index (χ2n) is 7.45. The molecule has 0 bridgehead atoms. The van der Waals surface area contributed by atoms with Gasteiger partial charge in [0.25, 0.3) is 5.89 Å². The first-order valence-electron chi connectivity index (χ1n) is 9.12. The molecule has 5 rings (SSSR count). The lowest BCUT2D eigenvalue weighted by molar-refractivity contribution is 0.409. The molecule has 2 atom stereocenters. The van der Waals surface area contributed by atoms with Crippen molar-refractivity contribution in [3.05, 3.63) is 71.0 Å². The van der Waals surface area contributed by atoms with Gasteiger partial charge in [-0.25, -0.2) is 0 Å². The van der Waals surface area contributed by atoms with Crippen molar-refractivity contribution in [2.75, 3.05) is 6.54 Å². The molecule has 5 heteroatoms. The van der Waals surface area contributed by atoms with Gasteiger partial charge in [-0.15, -0.1) is 0 Å². The molecule has 26 heavy (non-hydrogen) atoms. The van der Waals surface area contributed by atoms with Crippen LogP contribution >= 0.6 is 11.6 Å². The second kappa shape index (κ2) is 6.22. The first-order valence-corrected chi connectivity index (χ1v) is 9.50. The van der Waals surface area contributed by atoms with Gasteiger partial charge in [0, 0.05) is 34.5 Å². The van der Waals surface area contributed by atoms with Crippen molar-refractivity contribution >= 4 is 11.6 Å². The molecule has 2 aromatic carbocycles. The Kier molecular flexibility index (Phi) is 3.84. The number of halogens is 1. The molecule has 2 saturated carbocycles. The van der Waals surface area contributed by atoms with E-state index in [-0.39, 0.29) is 5.41 Å². The van der Waals surface area contributed by atoms with E-state index in [9.17, 15) is 0 Å². The summed E-state index contributed by atoms with van der Waals surface area (Å²) >= 11 is 5.94. The van der Waals surface area contributed by atoms with E-state index in [1.807, 2.05) is 24.3 Å². The Morgan fingerprint density at radius 3 is 2.58 bits per heavy atom. The summed E-state index contributed by atoms with van der Waals surface area (Å²) in [7, 11) is 0. The van der Waals surface area contributed by atoms with Crippen molar-refractivity contribution in [2.24, 2.45) is 0 Å². The lowest BCUT2D eigenvalue weighted by atomic mass is 10.1. The van der Waals surface area contributed by atoms with Crippen LogP contribution in [0.4, 0.5) is 0 Å². The standard InChI is InChI=1S/C21H20ClN3O/c22-16-8-6-15(7-9-16)19-24-20(25-26-19)21(10-11-21)13-23-18-12-17(18)14-4-2-1-3-5-14/h1-9,17-18,23H,10-13H2. The Labute approximate surface area is 157 Å². The van der Waals surface area contributed by atoms with Crippen LogP contribution in [0.15, 0.2) is 59.1 Å². The number of hydrogen-bond acceptors (Lipinski definition) is 4. The highest BCUT2D eigenvalue weighted by atomic mass is 35.5. The molecule has 0 aliphatic heterocycles. The van der Waals surface area contributed by atoms with Crippen LogP contribution in [-0.4, -0.2) is 22.7 Å². The maximum absolute atomic E-state index is 5.94. The summed E-state index contributed by atoms with van der Waals surface area (Å²) in [5.41, 5.74) is 2.38. The van der Waals surface area contributed by atoms with Crippen LogP contribution < -0.4 is 5.32 Å². The smallest absolute Gasteiger partial charge is 0.257 e. The zero-order valence-electron chi connectivity index (χ0n) is 14.4. The fourth-order valence-electron chi connectivity index (χ4n) is 3.59. The molecule has 0 saturated heterocycles. The Balaban J connectivity index is 1.24. The van der Waals surface area contributed by atoms with E-state index < -0.39 is 0 Å².